The van der Waals surface area contributed by atoms with Crippen molar-refractivity contribution in [3.63, 3.8) is 0 Å². The Labute approximate surface area is 98.3 Å². The number of phenolic OH excluding ortho intramolecular Hbond substituents is 1. The second-order valence-corrected chi connectivity index (χ2v) is 3.51. The number of aromatic hydroxyl groups is 2. The highest BCUT2D eigenvalue weighted by molar-refractivity contribution is 5.50. The second-order valence-electron chi connectivity index (χ2n) is 3.51. The van der Waals surface area contributed by atoms with Gasteiger partial charge in [0, 0.05) is 12.1 Å². The molecular formula is C13H12O4. The standard InChI is InChI=1S/C13H12O4/c14-8-11-12(16)6-9(15)7-13(11)17-10-4-2-1-3-5-10/h1-7,14-16H,8H2. The van der Waals surface area contributed by atoms with Gasteiger partial charge in [-0.3, -0.25) is 0 Å². The van der Waals surface area contributed by atoms with Crippen molar-refractivity contribution in [2.45, 2.75) is 6.61 Å². The first-order valence-electron chi connectivity index (χ1n) is 5.09. The van der Waals surface area contributed by atoms with Crippen LogP contribution < -0.4 is 4.74 Å². The quantitative estimate of drug-likeness (QED) is 0.759. The Morgan fingerprint density at radius 1 is 1.00 bits per heavy atom. The van der Waals surface area contributed by atoms with Crippen LogP contribution in [0.1, 0.15) is 5.56 Å². The molecule has 0 atom stereocenters. The van der Waals surface area contributed by atoms with Crippen molar-refractivity contribution in [1.82, 2.24) is 0 Å². The van der Waals surface area contributed by atoms with Crippen LogP contribution in [-0.4, -0.2) is 15.3 Å². The molecule has 2 aromatic carbocycles. The molecule has 0 saturated heterocycles. The van der Waals surface area contributed by atoms with Gasteiger partial charge in [0.05, 0.1) is 12.2 Å². The molecule has 0 heterocycles. The van der Waals surface area contributed by atoms with Crippen molar-refractivity contribution in [2.24, 2.45) is 0 Å². The molecule has 0 spiro atoms. The number of ether oxygens (including phenoxy) is 1. The van der Waals surface area contributed by atoms with Crippen molar-refractivity contribution < 1.29 is 20.1 Å². The number of hydrogen-bond acceptors (Lipinski definition) is 4. The number of para-hydroxylation sites is 1. The van der Waals surface area contributed by atoms with E-state index < -0.39 is 0 Å². The summed E-state index contributed by atoms with van der Waals surface area (Å²) in [5, 5.41) is 28.1. The zero-order valence-corrected chi connectivity index (χ0v) is 9.00. The lowest BCUT2D eigenvalue weighted by molar-refractivity contribution is 0.269. The van der Waals surface area contributed by atoms with Crippen LogP contribution in [0.5, 0.6) is 23.0 Å². The first-order valence-corrected chi connectivity index (χ1v) is 5.09. The van der Waals surface area contributed by atoms with E-state index in [1.165, 1.54) is 6.07 Å². The summed E-state index contributed by atoms with van der Waals surface area (Å²) in [5.74, 6) is 0.479. The monoisotopic (exact) mass is 232 g/mol. The van der Waals surface area contributed by atoms with Crippen molar-refractivity contribution in [3.8, 4) is 23.0 Å². The molecule has 0 aliphatic heterocycles. The summed E-state index contributed by atoms with van der Waals surface area (Å²) in [7, 11) is 0. The lowest BCUT2D eigenvalue weighted by Crippen LogP contribution is -1.92. The largest absolute Gasteiger partial charge is 0.508 e. The van der Waals surface area contributed by atoms with Gasteiger partial charge in [-0.25, -0.2) is 0 Å². The number of phenols is 2. The third-order valence-corrected chi connectivity index (χ3v) is 2.30. The minimum atomic E-state index is -0.367. The summed E-state index contributed by atoms with van der Waals surface area (Å²) in [6.45, 7) is -0.367. The van der Waals surface area contributed by atoms with Crippen LogP contribution in [-0.2, 0) is 6.61 Å². The van der Waals surface area contributed by atoms with Gasteiger partial charge in [-0.05, 0) is 12.1 Å². The maximum absolute atomic E-state index is 9.55. The van der Waals surface area contributed by atoms with Gasteiger partial charge in [0.1, 0.15) is 23.0 Å². The van der Waals surface area contributed by atoms with E-state index in [0.29, 0.717) is 5.75 Å². The number of hydrogen-bond donors (Lipinski definition) is 3. The van der Waals surface area contributed by atoms with Gasteiger partial charge < -0.3 is 20.1 Å². The van der Waals surface area contributed by atoms with Crippen LogP contribution in [0.15, 0.2) is 42.5 Å². The molecule has 0 aliphatic rings. The Bertz CT molecular complexity index is 508. The minimum Gasteiger partial charge on any atom is -0.508 e. The van der Waals surface area contributed by atoms with Crippen LogP contribution in [0.2, 0.25) is 0 Å². The van der Waals surface area contributed by atoms with Crippen molar-refractivity contribution in [1.29, 1.82) is 0 Å². The summed E-state index contributed by atoms with van der Waals surface area (Å²) < 4.78 is 5.48. The van der Waals surface area contributed by atoms with Crippen LogP contribution in [0.25, 0.3) is 0 Å². The Kier molecular flexibility index (Phi) is 3.16. The molecule has 3 N–H and O–H groups in total. The predicted octanol–water partition coefficient (Wildman–Crippen LogP) is 2.38. The van der Waals surface area contributed by atoms with Crippen molar-refractivity contribution in [3.05, 3.63) is 48.0 Å². The first-order chi connectivity index (χ1) is 8.20. The number of benzene rings is 2. The van der Waals surface area contributed by atoms with E-state index in [2.05, 4.69) is 0 Å². The molecular weight excluding hydrogens is 220 g/mol. The lowest BCUT2D eigenvalue weighted by Gasteiger charge is -2.11. The fraction of sp³-hybridized carbons (Fsp3) is 0.0769. The van der Waals surface area contributed by atoms with E-state index in [0.717, 1.165) is 6.07 Å². The van der Waals surface area contributed by atoms with Gasteiger partial charge >= 0.3 is 0 Å². The van der Waals surface area contributed by atoms with Crippen LogP contribution >= 0.6 is 0 Å². The highest BCUT2D eigenvalue weighted by atomic mass is 16.5. The van der Waals surface area contributed by atoms with Crippen LogP contribution in [0.3, 0.4) is 0 Å². The van der Waals surface area contributed by atoms with Crippen LogP contribution in [0.4, 0.5) is 0 Å². The normalized spacial score (nSPS) is 10.2. The topological polar surface area (TPSA) is 69.9 Å². The number of rotatable bonds is 3. The predicted molar refractivity (Wildman–Crippen MR) is 62.2 cm³/mol. The molecule has 2 rings (SSSR count). The Morgan fingerprint density at radius 2 is 1.71 bits per heavy atom. The van der Waals surface area contributed by atoms with Gasteiger partial charge in [-0.2, -0.15) is 0 Å². The van der Waals surface area contributed by atoms with Gasteiger partial charge in [-0.15, -0.1) is 0 Å². The molecule has 0 fully saturated rings. The van der Waals surface area contributed by atoms with E-state index >= 15 is 0 Å². The number of aliphatic hydroxyl groups excluding tert-OH is 1. The summed E-state index contributed by atoms with van der Waals surface area (Å²) in [6.07, 6.45) is 0. The maximum Gasteiger partial charge on any atom is 0.140 e. The van der Waals surface area contributed by atoms with Gasteiger partial charge in [0.2, 0.25) is 0 Å². The second kappa shape index (κ2) is 4.76. The Balaban J connectivity index is 2.38. The van der Waals surface area contributed by atoms with E-state index in [4.69, 9.17) is 9.84 Å². The van der Waals surface area contributed by atoms with Crippen molar-refractivity contribution >= 4 is 0 Å². The van der Waals surface area contributed by atoms with E-state index in [-0.39, 0.29) is 29.4 Å². The summed E-state index contributed by atoms with van der Waals surface area (Å²) in [5.41, 5.74) is 0.242. The molecule has 0 saturated carbocycles. The summed E-state index contributed by atoms with van der Waals surface area (Å²) in [4.78, 5) is 0. The third-order valence-electron chi connectivity index (χ3n) is 2.30. The van der Waals surface area contributed by atoms with Crippen molar-refractivity contribution in [2.75, 3.05) is 0 Å². The Morgan fingerprint density at radius 3 is 2.35 bits per heavy atom. The third kappa shape index (κ3) is 2.49. The van der Waals surface area contributed by atoms with Gasteiger partial charge in [-0.1, -0.05) is 18.2 Å². The van der Waals surface area contributed by atoms with E-state index in [1.54, 1.807) is 24.3 Å². The maximum atomic E-state index is 9.55. The molecule has 17 heavy (non-hydrogen) atoms. The number of aliphatic hydroxyl groups is 1. The van der Waals surface area contributed by atoms with E-state index in [1.807, 2.05) is 6.07 Å². The zero-order chi connectivity index (χ0) is 12.3. The molecule has 4 nitrogen and oxygen atoms in total. The fourth-order valence-corrected chi connectivity index (χ4v) is 1.48. The van der Waals surface area contributed by atoms with Crippen LogP contribution in [0, 0.1) is 0 Å². The Hall–Kier alpha value is -2.20. The summed E-state index contributed by atoms with van der Waals surface area (Å²) >= 11 is 0. The molecule has 88 valence electrons. The molecule has 0 aromatic heterocycles. The minimum absolute atomic E-state index is 0.120. The molecule has 0 amide bonds. The molecule has 4 heteroatoms. The fourth-order valence-electron chi connectivity index (χ4n) is 1.48. The molecule has 0 radical (unpaired) electrons. The van der Waals surface area contributed by atoms with Gasteiger partial charge in [0.25, 0.3) is 0 Å². The zero-order valence-electron chi connectivity index (χ0n) is 9.00. The molecule has 0 bridgehead atoms. The average molecular weight is 232 g/mol. The molecule has 2 aromatic rings. The summed E-state index contributed by atoms with van der Waals surface area (Å²) in [6, 6.07) is 11.4. The van der Waals surface area contributed by atoms with E-state index in [9.17, 15) is 10.2 Å². The first kappa shape index (κ1) is 11.3. The molecule has 0 unspecified atom stereocenters. The van der Waals surface area contributed by atoms with Gasteiger partial charge in [0.15, 0.2) is 0 Å². The highest BCUT2D eigenvalue weighted by Crippen LogP contribution is 2.35. The molecule has 0 aliphatic carbocycles. The SMILES string of the molecule is OCc1c(O)cc(O)cc1Oc1ccccc1. The smallest absolute Gasteiger partial charge is 0.140 e. The lowest BCUT2D eigenvalue weighted by atomic mass is 10.1. The highest BCUT2D eigenvalue weighted by Gasteiger charge is 2.11. The average Bonchev–Trinajstić information content (AvgIpc) is 2.30.